The van der Waals surface area contributed by atoms with Crippen molar-refractivity contribution in [3.05, 3.63) is 106 Å². The zero-order chi connectivity index (χ0) is 22.3. The average Bonchev–Trinajstić information content (AvgIpc) is 2.76. The van der Waals surface area contributed by atoms with Gasteiger partial charge in [0.05, 0.1) is 0 Å². The molecule has 0 unspecified atom stereocenters. The van der Waals surface area contributed by atoms with Crippen LogP contribution in [0.1, 0.15) is 43.0 Å². The van der Waals surface area contributed by atoms with Gasteiger partial charge in [0.15, 0.2) is 0 Å². The molecule has 0 saturated heterocycles. The Hall–Kier alpha value is -3.04. The van der Waals surface area contributed by atoms with Gasteiger partial charge >= 0.3 is 5.97 Å². The van der Waals surface area contributed by atoms with Gasteiger partial charge in [0.25, 0.3) is 0 Å². The van der Waals surface area contributed by atoms with Crippen molar-refractivity contribution in [1.82, 2.24) is 0 Å². The number of carbonyl (C=O) groups excluding carboxylic acids is 1. The van der Waals surface area contributed by atoms with Gasteiger partial charge in [-0.15, -0.1) is 0 Å². The molecular weight excluding hydrogens is 408 g/mol. The van der Waals surface area contributed by atoms with Crippen LogP contribution in [0.2, 0.25) is 5.02 Å². The summed E-state index contributed by atoms with van der Waals surface area (Å²) >= 11 is 6.14. The number of benzene rings is 3. The van der Waals surface area contributed by atoms with Gasteiger partial charge in [-0.25, -0.2) is 4.79 Å². The van der Waals surface area contributed by atoms with Gasteiger partial charge in [-0.1, -0.05) is 87.0 Å². The van der Waals surface area contributed by atoms with Crippen molar-refractivity contribution in [3.8, 4) is 5.75 Å². The Kier molecular flexibility index (Phi) is 7.54. The standard InChI is InChI=1S/C27H27ClO3/c1-27(2,3)23-13-8-21(9-14-23)18-31-26(29)17-12-20-10-15-24(16-11-20)30-19-22-6-4-5-7-25(22)28/h4-17H,18-19H2,1-3H3. The minimum Gasteiger partial charge on any atom is -0.489 e. The van der Waals surface area contributed by atoms with Crippen LogP contribution in [-0.2, 0) is 28.2 Å². The van der Waals surface area contributed by atoms with Crippen molar-refractivity contribution >= 4 is 23.6 Å². The highest BCUT2D eigenvalue weighted by Gasteiger charge is 2.12. The number of hydrogen-bond acceptors (Lipinski definition) is 3. The first-order valence-corrected chi connectivity index (χ1v) is 10.6. The molecule has 0 spiro atoms. The zero-order valence-corrected chi connectivity index (χ0v) is 18.9. The Morgan fingerprint density at radius 3 is 2.23 bits per heavy atom. The predicted octanol–water partition coefficient (Wildman–Crippen LogP) is 6.97. The summed E-state index contributed by atoms with van der Waals surface area (Å²) in [6.07, 6.45) is 3.16. The fourth-order valence-corrected chi connectivity index (χ4v) is 3.11. The lowest BCUT2D eigenvalue weighted by Crippen LogP contribution is -2.10. The van der Waals surface area contributed by atoms with Gasteiger partial charge in [-0.3, -0.25) is 0 Å². The monoisotopic (exact) mass is 434 g/mol. The van der Waals surface area contributed by atoms with Crippen LogP contribution in [0.4, 0.5) is 0 Å². The average molecular weight is 435 g/mol. The summed E-state index contributed by atoms with van der Waals surface area (Å²) in [7, 11) is 0. The van der Waals surface area contributed by atoms with Crippen molar-refractivity contribution in [2.24, 2.45) is 0 Å². The predicted molar refractivity (Wildman–Crippen MR) is 126 cm³/mol. The molecule has 0 saturated carbocycles. The van der Waals surface area contributed by atoms with Gasteiger partial charge in [0.1, 0.15) is 19.0 Å². The van der Waals surface area contributed by atoms with Crippen LogP contribution in [-0.4, -0.2) is 5.97 Å². The van der Waals surface area contributed by atoms with Gasteiger partial charge in [0, 0.05) is 16.7 Å². The lowest BCUT2D eigenvalue weighted by molar-refractivity contribution is -0.138. The zero-order valence-electron chi connectivity index (χ0n) is 18.1. The second-order valence-corrected chi connectivity index (χ2v) is 8.74. The van der Waals surface area contributed by atoms with Crippen LogP contribution < -0.4 is 4.74 Å². The molecule has 0 atom stereocenters. The highest BCUT2D eigenvalue weighted by atomic mass is 35.5. The molecule has 160 valence electrons. The summed E-state index contributed by atoms with van der Waals surface area (Å²) in [6, 6.07) is 23.2. The molecule has 0 aliphatic heterocycles. The Labute approximate surface area is 189 Å². The van der Waals surface area contributed by atoms with E-state index in [0.29, 0.717) is 11.6 Å². The first-order chi connectivity index (χ1) is 14.8. The highest BCUT2D eigenvalue weighted by Crippen LogP contribution is 2.22. The summed E-state index contributed by atoms with van der Waals surface area (Å²) < 4.78 is 11.1. The summed E-state index contributed by atoms with van der Waals surface area (Å²) in [6.45, 7) is 7.17. The van der Waals surface area contributed by atoms with E-state index in [1.54, 1.807) is 6.08 Å². The minimum atomic E-state index is -0.376. The maximum atomic E-state index is 12.0. The van der Waals surface area contributed by atoms with E-state index in [1.165, 1.54) is 11.6 Å². The van der Waals surface area contributed by atoms with Crippen LogP contribution in [0.5, 0.6) is 5.75 Å². The molecule has 0 amide bonds. The molecule has 0 aromatic heterocycles. The van der Waals surface area contributed by atoms with Crippen molar-refractivity contribution in [2.45, 2.75) is 39.4 Å². The molecule has 0 aliphatic carbocycles. The minimum absolute atomic E-state index is 0.104. The summed E-state index contributed by atoms with van der Waals surface area (Å²) in [5.41, 5.74) is 4.14. The lowest BCUT2D eigenvalue weighted by Gasteiger charge is -2.19. The summed E-state index contributed by atoms with van der Waals surface area (Å²) in [5.74, 6) is 0.359. The van der Waals surface area contributed by atoms with Crippen LogP contribution in [0.3, 0.4) is 0 Å². The van der Waals surface area contributed by atoms with Gasteiger partial charge in [-0.05, 0) is 46.4 Å². The second-order valence-electron chi connectivity index (χ2n) is 8.34. The number of carbonyl (C=O) groups is 1. The molecule has 0 bridgehead atoms. The third-order valence-corrected chi connectivity index (χ3v) is 5.21. The van der Waals surface area contributed by atoms with E-state index in [9.17, 15) is 4.79 Å². The molecule has 3 aromatic carbocycles. The Morgan fingerprint density at radius 1 is 0.903 bits per heavy atom. The second kappa shape index (κ2) is 10.3. The van der Waals surface area contributed by atoms with Crippen molar-refractivity contribution in [1.29, 1.82) is 0 Å². The molecule has 0 N–H and O–H groups in total. The normalized spacial score (nSPS) is 11.5. The molecule has 3 aromatic rings. The number of halogens is 1. The molecular formula is C27H27ClO3. The molecule has 3 rings (SSSR count). The lowest BCUT2D eigenvalue weighted by atomic mass is 9.87. The van der Waals surface area contributed by atoms with E-state index < -0.39 is 0 Å². The highest BCUT2D eigenvalue weighted by molar-refractivity contribution is 6.31. The van der Waals surface area contributed by atoms with Gasteiger partial charge < -0.3 is 9.47 Å². The quantitative estimate of drug-likeness (QED) is 0.297. The first-order valence-electron chi connectivity index (χ1n) is 10.2. The van der Waals surface area contributed by atoms with E-state index in [0.717, 1.165) is 22.4 Å². The smallest absolute Gasteiger partial charge is 0.331 e. The SMILES string of the molecule is CC(C)(C)c1ccc(COC(=O)C=Cc2ccc(OCc3ccccc3Cl)cc2)cc1. The fourth-order valence-electron chi connectivity index (χ4n) is 2.92. The first kappa shape index (κ1) is 22.6. The molecule has 31 heavy (non-hydrogen) atoms. The van der Waals surface area contributed by atoms with Crippen LogP contribution in [0.25, 0.3) is 6.08 Å². The number of esters is 1. The van der Waals surface area contributed by atoms with Gasteiger partial charge in [0.2, 0.25) is 0 Å². The third kappa shape index (κ3) is 7.01. The maximum Gasteiger partial charge on any atom is 0.331 e. The molecule has 0 fully saturated rings. The number of rotatable bonds is 7. The molecule has 0 heterocycles. The number of ether oxygens (including phenoxy) is 2. The van der Waals surface area contributed by atoms with E-state index in [1.807, 2.05) is 60.7 Å². The molecule has 0 aliphatic rings. The molecule has 3 nitrogen and oxygen atoms in total. The Morgan fingerprint density at radius 2 is 1.58 bits per heavy atom. The van der Waals surface area contributed by atoms with E-state index in [2.05, 4.69) is 32.9 Å². The van der Waals surface area contributed by atoms with E-state index >= 15 is 0 Å². The summed E-state index contributed by atoms with van der Waals surface area (Å²) in [5, 5.41) is 0.686. The third-order valence-electron chi connectivity index (χ3n) is 4.85. The van der Waals surface area contributed by atoms with Crippen LogP contribution in [0.15, 0.2) is 78.9 Å². The Bertz CT molecular complexity index is 1030. The summed E-state index contributed by atoms with van der Waals surface area (Å²) in [4.78, 5) is 12.0. The van der Waals surface area contributed by atoms with Crippen molar-refractivity contribution in [3.63, 3.8) is 0 Å². The fraction of sp³-hybridized carbons (Fsp3) is 0.222. The van der Waals surface area contributed by atoms with Crippen molar-refractivity contribution in [2.75, 3.05) is 0 Å². The van der Waals surface area contributed by atoms with Crippen LogP contribution >= 0.6 is 11.6 Å². The molecule has 0 radical (unpaired) electrons. The largest absolute Gasteiger partial charge is 0.489 e. The van der Waals surface area contributed by atoms with Crippen molar-refractivity contribution < 1.29 is 14.3 Å². The van der Waals surface area contributed by atoms with E-state index in [4.69, 9.17) is 21.1 Å². The van der Waals surface area contributed by atoms with Gasteiger partial charge in [-0.2, -0.15) is 0 Å². The van der Waals surface area contributed by atoms with Crippen LogP contribution in [0, 0.1) is 0 Å². The maximum absolute atomic E-state index is 12.0. The van der Waals surface area contributed by atoms with E-state index in [-0.39, 0.29) is 18.0 Å². The number of hydrogen-bond donors (Lipinski definition) is 0. The Balaban J connectivity index is 1.47. The molecule has 4 heteroatoms. The topological polar surface area (TPSA) is 35.5 Å².